The van der Waals surface area contributed by atoms with Gasteiger partial charge in [0.25, 0.3) is 5.91 Å². The first-order chi connectivity index (χ1) is 10.6. The molecular weight excluding hydrogens is 276 g/mol. The smallest absolute Gasteiger partial charge is 0.253 e. The van der Waals surface area contributed by atoms with Crippen molar-refractivity contribution in [2.24, 2.45) is 0 Å². The average Bonchev–Trinajstić information content (AvgIpc) is 2.52. The summed E-state index contributed by atoms with van der Waals surface area (Å²) in [6.45, 7) is 4.84. The zero-order chi connectivity index (χ0) is 15.9. The zero-order valence-corrected chi connectivity index (χ0v) is 13.8. The molecule has 1 aromatic carbocycles. The van der Waals surface area contributed by atoms with Gasteiger partial charge in [-0.05, 0) is 39.4 Å². The molecule has 0 fully saturated rings. The number of likely N-dealkylation sites (N-methyl/N-ethyl adjacent to an activating group) is 1. The van der Waals surface area contributed by atoms with Gasteiger partial charge < -0.3 is 14.5 Å². The molecule has 0 aromatic heterocycles. The Labute approximate surface area is 133 Å². The Balaban J connectivity index is 2.14. The summed E-state index contributed by atoms with van der Waals surface area (Å²) in [5, 5.41) is 0. The van der Waals surface area contributed by atoms with Crippen LogP contribution in [0.3, 0.4) is 0 Å². The largest absolute Gasteiger partial charge is 0.498 e. The lowest BCUT2D eigenvalue weighted by molar-refractivity contribution is -0.128. The van der Waals surface area contributed by atoms with E-state index in [9.17, 15) is 4.79 Å². The van der Waals surface area contributed by atoms with Crippen LogP contribution < -0.4 is 0 Å². The van der Waals surface area contributed by atoms with E-state index in [0.29, 0.717) is 6.54 Å². The molecule has 0 aliphatic carbocycles. The Hall–Kier alpha value is -1.81. The standard InChI is InChI=1S/C18H26N2O2/c1-15-17(10-7-13-22-15)18(21)20(12-11-19(2)3)14-16-8-5-4-6-9-16/h4-6,8-9H,7,10-14H2,1-3H3. The summed E-state index contributed by atoms with van der Waals surface area (Å²) < 4.78 is 5.56. The van der Waals surface area contributed by atoms with Gasteiger partial charge in [-0.15, -0.1) is 0 Å². The van der Waals surface area contributed by atoms with Crippen LogP contribution in [0, 0.1) is 0 Å². The fraction of sp³-hybridized carbons (Fsp3) is 0.500. The first-order valence-corrected chi connectivity index (χ1v) is 7.88. The Bertz CT molecular complexity index is 523. The first-order valence-electron chi connectivity index (χ1n) is 7.88. The van der Waals surface area contributed by atoms with Gasteiger partial charge in [-0.25, -0.2) is 0 Å². The van der Waals surface area contributed by atoms with Crippen molar-refractivity contribution in [1.29, 1.82) is 0 Å². The number of amides is 1. The second-order valence-corrected chi connectivity index (χ2v) is 6.00. The summed E-state index contributed by atoms with van der Waals surface area (Å²) in [7, 11) is 4.05. The molecule has 0 spiro atoms. The van der Waals surface area contributed by atoms with E-state index < -0.39 is 0 Å². The van der Waals surface area contributed by atoms with E-state index in [1.807, 2.05) is 44.1 Å². The van der Waals surface area contributed by atoms with Crippen LogP contribution in [-0.2, 0) is 16.1 Å². The van der Waals surface area contributed by atoms with Crippen molar-refractivity contribution in [2.45, 2.75) is 26.3 Å². The van der Waals surface area contributed by atoms with Crippen molar-refractivity contribution in [3.05, 3.63) is 47.2 Å². The molecular formula is C18H26N2O2. The molecule has 0 atom stereocenters. The maximum Gasteiger partial charge on any atom is 0.253 e. The van der Waals surface area contributed by atoms with Crippen molar-refractivity contribution < 1.29 is 9.53 Å². The fourth-order valence-electron chi connectivity index (χ4n) is 2.56. The van der Waals surface area contributed by atoms with E-state index in [0.717, 1.165) is 49.4 Å². The van der Waals surface area contributed by atoms with E-state index in [-0.39, 0.29) is 5.91 Å². The number of rotatable bonds is 6. The third kappa shape index (κ3) is 4.60. The van der Waals surface area contributed by atoms with Crippen molar-refractivity contribution in [3.63, 3.8) is 0 Å². The summed E-state index contributed by atoms with van der Waals surface area (Å²) in [5.74, 6) is 0.905. The van der Waals surface area contributed by atoms with Crippen molar-refractivity contribution >= 4 is 5.91 Å². The number of nitrogens with zero attached hydrogens (tertiary/aromatic N) is 2. The van der Waals surface area contributed by atoms with Crippen LogP contribution >= 0.6 is 0 Å². The van der Waals surface area contributed by atoms with E-state index in [1.54, 1.807) is 0 Å². The second-order valence-electron chi connectivity index (χ2n) is 6.00. The molecule has 2 rings (SSSR count). The van der Waals surface area contributed by atoms with Crippen LogP contribution in [0.4, 0.5) is 0 Å². The van der Waals surface area contributed by atoms with Gasteiger partial charge in [0.05, 0.1) is 12.2 Å². The minimum absolute atomic E-state index is 0.114. The maximum absolute atomic E-state index is 12.9. The van der Waals surface area contributed by atoms with Gasteiger partial charge in [0.15, 0.2) is 0 Å². The Morgan fingerprint density at radius 3 is 2.55 bits per heavy atom. The topological polar surface area (TPSA) is 32.8 Å². The zero-order valence-electron chi connectivity index (χ0n) is 13.8. The highest BCUT2D eigenvalue weighted by atomic mass is 16.5. The first kappa shape index (κ1) is 16.6. The number of hydrogen-bond donors (Lipinski definition) is 0. The van der Waals surface area contributed by atoms with Gasteiger partial charge in [0.2, 0.25) is 0 Å². The lowest BCUT2D eigenvalue weighted by atomic mass is 10.1. The predicted octanol–water partition coefficient (Wildman–Crippen LogP) is 2.66. The molecule has 1 amide bonds. The Morgan fingerprint density at radius 1 is 1.18 bits per heavy atom. The second kappa shape index (κ2) is 7.99. The fourth-order valence-corrected chi connectivity index (χ4v) is 2.56. The Morgan fingerprint density at radius 2 is 1.91 bits per heavy atom. The minimum Gasteiger partial charge on any atom is -0.498 e. The van der Waals surface area contributed by atoms with E-state index >= 15 is 0 Å². The number of carbonyl (C=O) groups excluding carboxylic acids is 1. The predicted molar refractivity (Wildman–Crippen MR) is 88.3 cm³/mol. The summed E-state index contributed by atoms with van der Waals surface area (Å²) >= 11 is 0. The third-order valence-corrected chi connectivity index (χ3v) is 3.89. The van der Waals surface area contributed by atoms with Gasteiger partial charge in [-0.1, -0.05) is 30.3 Å². The highest BCUT2D eigenvalue weighted by molar-refractivity contribution is 5.94. The molecule has 0 unspecified atom stereocenters. The van der Waals surface area contributed by atoms with Crippen LogP contribution in [-0.4, -0.2) is 49.5 Å². The average molecular weight is 302 g/mol. The molecule has 1 aromatic rings. The molecule has 1 heterocycles. The quantitative estimate of drug-likeness (QED) is 0.810. The number of carbonyl (C=O) groups is 1. The highest BCUT2D eigenvalue weighted by Crippen LogP contribution is 2.21. The van der Waals surface area contributed by atoms with Gasteiger partial charge in [0, 0.05) is 19.6 Å². The third-order valence-electron chi connectivity index (χ3n) is 3.89. The van der Waals surface area contributed by atoms with Crippen LogP contribution in [0.15, 0.2) is 41.7 Å². The monoisotopic (exact) mass is 302 g/mol. The number of hydrogen-bond acceptors (Lipinski definition) is 3. The van der Waals surface area contributed by atoms with Gasteiger partial charge in [-0.3, -0.25) is 4.79 Å². The minimum atomic E-state index is 0.114. The molecule has 1 aliphatic rings. The Kier molecular flexibility index (Phi) is 6.01. The summed E-state index contributed by atoms with van der Waals surface area (Å²) in [6.07, 6.45) is 1.74. The van der Waals surface area contributed by atoms with Crippen LogP contribution in [0.2, 0.25) is 0 Å². The molecule has 120 valence electrons. The lowest BCUT2D eigenvalue weighted by Crippen LogP contribution is -2.38. The van der Waals surface area contributed by atoms with Crippen molar-refractivity contribution in [2.75, 3.05) is 33.8 Å². The lowest BCUT2D eigenvalue weighted by Gasteiger charge is -2.28. The van der Waals surface area contributed by atoms with E-state index in [4.69, 9.17) is 4.74 Å². The highest BCUT2D eigenvalue weighted by Gasteiger charge is 2.23. The summed E-state index contributed by atoms with van der Waals surface area (Å²) in [6, 6.07) is 10.1. The van der Waals surface area contributed by atoms with Crippen LogP contribution in [0.5, 0.6) is 0 Å². The number of ether oxygens (including phenoxy) is 1. The van der Waals surface area contributed by atoms with Crippen molar-refractivity contribution in [1.82, 2.24) is 9.80 Å². The van der Waals surface area contributed by atoms with Gasteiger partial charge >= 0.3 is 0 Å². The molecule has 22 heavy (non-hydrogen) atoms. The summed E-state index contributed by atoms with van der Waals surface area (Å²) in [5.41, 5.74) is 1.99. The molecule has 4 nitrogen and oxygen atoms in total. The van der Waals surface area contributed by atoms with E-state index in [1.165, 1.54) is 0 Å². The van der Waals surface area contributed by atoms with Crippen LogP contribution in [0.25, 0.3) is 0 Å². The molecule has 0 radical (unpaired) electrons. The number of benzene rings is 1. The van der Waals surface area contributed by atoms with Crippen LogP contribution in [0.1, 0.15) is 25.3 Å². The van der Waals surface area contributed by atoms with Crippen molar-refractivity contribution in [3.8, 4) is 0 Å². The molecule has 0 bridgehead atoms. The molecule has 0 N–H and O–H groups in total. The molecule has 4 heteroatoms. The van der Waals surface area contributed by atoms with Gasteiger partial charge in [0.1, 0.15) is 5.76 Å². The molecule has 1 aliphatic heterocycles. The molecule has 0 saturated heterocycles. The maximum atomic E-state index is 12.9. The summed E-state index contributed by atoms with van der Waals surface area (Å²) in [4.78, 5) is 16.9. The molecule has 0 saturated carbocycles. The SMILES string of the molecule is CC1=C(C(=O)N(CCN(C)C)Cc2ccccc2)CCCO1. The normalized spacial score (nSPS) is 14.9. The number of allylic oxidation sites excluding steroid dienone is 1. The van der Waals surface area contributed by atoms with E-state index in [2.05, 4.69) is 17.0 Å². The van der Waals surface area contributed by atoms with Gasteiger partial charge in [-0.2, -0.15) is 0 Å².